The van der Waals surface area contributed by atoms with E-state index in [4.69, 9.17) is 0 Å². The van der Waals surface area contributed by atoms with E-state index in [0.29, 0.717) is 5.69 Å². The smallest absolute Gasteiger partial charge is 0.261 e. The third kappa shape index (κ3) is 3.90. The Morgan fingerprint density at radius 3 is 2.21 bits per heavy atom. The summed E-state index contributed by atoms with van der Waals surface area (Å²) in [6.07, 6.45) is 0. The number of nitrogens with one attached hydrogen (secondary N) is 2. The first-order valence-electron chi connectivity index (χ1n) is 6.92. The molecule has 0 fully saturated rings. The number of sulfonamides is 1. The minimum Gasteiger partial charge on any atom is -0.545 e. The molecule has 0 saturated carbocycles. The van der Waals surface area contributed by atoms with Gasteiger partial charge in [-0.2, -0.15) is 0 Å². The summed E-state index contributed by atoms with van der Waals surface area (Å²) in [5.74, 6) is -1.65. The van der Waals surface area contributed by atoms with Crippen molar-refractivity contribution < 1.29 is 23.1 Å². The molecule has 0 aliphatic rings. The largest absolute Gasteiger partial charge is 0.545 e. The summed E-state index contributed by atoms with van der Waals surface area (Å²) < 4.78 is 27.2. The van der Waals surface area contributed by atoms with Crippen molar-refractivity contribution in [2.45, 2.75) is 18.7 Å². The fourth-order valence-electron chi connectivity index (χ4n) is 2.09. The third-order valence-corrected chi connectivity index (χ3v) is 4.66. The van der Waals surface area contributed by atoms with Crippen molar-refractivity contribution in [1.82, 2.24) is 0 Å². The molecule has 7 nitrogen and oxygen atoms in total. The van der Waals surface area contributed by atoms with Crippen molar-refractivity contribution in [3.05, 3.63) is 53.6 Å². The van der Waals surface area contributed by atoms with E-state index in [9.17, 15) is 23.1 Å². The molecule has 0 heterocycles. The highest BCUT2D eigenvalue weighted by Crippen LogP contribution is 2.23. The van der Waals surface area contributed by atoms with Gasteiger partial charge in [-0.25, -0.2) is 8.42 Å². The SMILES string of the molecule is CC(=O)Nc1ccc(S(=O)(=O)Nc2cccc(C(=O)[O-])c2C)cc1. The first kappa shape index (κ1) is 17.5. The second kappa shape index (κ2) is 6.71. The molecule has 0 radical (unpaired) electrons. The van der Waals surface area contributed by atoms with E-state index in [0.717, 1.165) is 0 Å². The molecule has 0 aliphatic carbocycles. The summed E-state index contributed by atoms with van der Waals surface area (Å²) in [5.41, 5.74) is 0.798. The molecule has 0 atom stereocenters. The number of hydrogen-bond acceptors (Lipinski definition) is 5. The Kier molecular flexibility index (Phi) is 4.89. The summed E-state index contributed by atoms with van der Waals surface area (Å²) in [5, 5.41) is 13.5. The van der Waals surface area contributed by atoms with E-state index in [1.54, 1.807) is 0 Å². The van der Waals surface area contributed by atoms with Gasteiger partial charge in [0.15, 0.2) is 0 Å². The molecule has 2 rings (SSSR count). The van der Waals surface area contributed by atoms with Crippen LogP contribution in [0, 0.1) is 6.92 Å². The number of carboxylic acids is 1. The summed E-state index contributed by atoms with van der Waals surface area (Å²) in [6.45, 7) is 2.84. The van der Waals surface area contributed by atoms with Crippen molar-refractivity contribution in [1.29, 1.82) is 0 Å². The van der Waals surface area contributed by atoms with E-state index in [1.165, 1.54) is 56.3 Å². The molecule has 0 unspecified atom stereocenters. The first-order valence-corrected chi connectivity index (χ1v) is 8.40. The van der Waals surface area contributed by atoms with Gasteiger partial charge in [-0.15, -0.1) is 0 Å². The van der Waals surface area contributed by atoms with Crippen LogP contribution in [0.2, 0.25) is 0 Å². The van der Waals surface area contributed by atoms with Gasteiger partial charge >= 0.3 is 0 Å². The van der Waals surface area contributed by atoms with Crippen molar-refractivity contribution in [2.24, 2.45) is 0 Å². The van der Waals surface area contributed by atoms with Crippen LogP contribution in [-0.4, -0.2) is 20.3 Å². The van der Waals surface area contributed by atoms with E-state index in [-0.39, 0.29) is 27.6 Å². The lowest BCUT2D eigenvalue weighted by Crippen LogP contribution is -2.24. The molecule has 1 amide bonds. The van der Waals surface area contributed by atoms with Crippen LogP contribution in [0.3, 0.4) is 0 Å². The van der Waals surface area contributed by atoms with Crippen LogP contribution in [-0.2, 0) is 14.8 Å². The molecular weight excluding hydrogens is 332 g/mol. The molecule has 2 aromatic carbocycles. The predicted molar refractivity (Wildman–Crippen MR) is 87.1 cm³/mol. The van der Waals surface area contributed by atoms with Crippen LogP contribution in [0.4, 0.5) is 11.4 Å². The Morgan fingerprint density at radius 2 is 1.67 bits per heavy atom. The Hall–Kier alpha value is -2.87. The van der Waals surface area contributed by atoms with Gasteiger partial charge in [0.1, 0.15) is 0 Å². The molecule has 2 aromatic rings. The standard InChI is InChI=1S/C16H16N2O5S/c1-10-14(16(20)21)4-3-5-15(10)18-24(22,23)13-8-6-12(7-9-13)17-11(2)19/h3-9,18H,1-2H3,(H,17,19)(H,20,21)/p-1. The van der Waals surface area contributed by atoms with Crippen molar-refractivity contribution >= 4 is 33.3 Å². The summed E-state index contributed by atoms with van der Waals surface area (Å²) in [6, 6.07) is 9.82. The fourth-order valence-corrected chi connectivity index (χ4v) is 3.21. The lowest BCUT2D eigenvalue weighted by Gasteiger charge is -2.14. The average molecular weight is 347 g/mol. The quantitative estimate of drug-likeness (QED) is 0.841. The second-order valence-corrected chi connectivity index (χ2v) is 6.76. The maximum atomic E-state index is 12.4. The summed E-state index contributed by atoms with van der Waals surface area (Å²) >= 11 is 0. The lowest BCUT2D eigenvalue weighted by atomic mass is 10.1. The number of amides is 1. The number of rotatable bonds is 5. The van der Waals surface area contributed by atoms with Crippen LogP contribution < -0.4 is 15.1 Å². The molecule has 2 N–H and O–H groups in total. The average Bonchev–Trinajstić information content (AvgIpc) is 2.49. The number of anilines is 2. The predicted octanol–water partition coefficient (Wildman–Crippen LogP) is 1.12. The highest BCUT2D eigenvalue weighted by atomic mass is 32.2. The van der Waals surface area contributed by atoms with Crippen molar-refractivity contribution in [3.8, 4) is 0 Å². The van der Waals surface area contributed by atoms with E-state index < -0.39 is 16.0 Å². The van der Waals surface area contributed by atoms with E-state index in [2.05, 4.69) is 10.0 Å². The maximum Gasteiger partial charge on any atom is 0.261 e. The van der Waals surface area contributed by atoms with Gasteiger partial charge in [0.05, 0.1) is 16.6 Å². The Morgan fingerprint density at radius 1 is 1.04 bits per heavy atom. The molecule has 0 spiro atoms. The van der Waals surface area contributed by atoms with Gasteiger partial charge in [0, 0.05) is 18.2 Å². The second-order valence-electron chi connectivity index (χ2n) is 5.08. The molecule has 126 valence electrons. The zero-order valence-corrected chi connectivity index (χ0v) is 13.8. The van der Waals surface area contributed by atoms with E-state index >= 15 is 0 Å². The molecule has 0 bridgehead atoms. The number of carbonyl (C=O) groups excluding carboxylic acids is 2. The summed E-state index contributed by atoms with van der Waals surface area (Å²) in [7, 11) is -3.90. The zero-order chi connectivity index (χ0) is 17.9. The summed E-state index contributed by atoms with van der Waals surface area (Å²) in [4.78, 5) is 22.0. The van der Waals surface area contributed by atoms with Gasteiger partial charge in [-0.3, -0.25) is 9.52 Å². The third-order valence-electron chi connectivity index (χ3n) is 3.28. The molecular formula is C16H15N2O5S-. The van der Waals surface area contributed by atoms with Gasteiger partial charge in [0.2, 0.25) is 5.91 Å². The number of carboxylic acid groups (broad SMARTS) is 1. The molecule has 8 heteroatoms. The Labute approximate surface area is 139 Å². The molecule has 0 aliphatic heterocycles. The number of carbonyl (C=O) groups is 2. The Bertz CT molecular complexity index is 889. The van der Waals surface area contributed by atoms with Gasteiger partial charge < -0.3 is 15.2 Å². The number of hydrogen-bond donors (Lipinski definition) is 2. The number of aromatic carboxylic acids is 1. The highest BCUT2D eigenvalue weighted by molar-refractivity contribution is 7.92. The highest BCUT2D eigenvalue weighted by Gasteiger charge is 2.16. The van der Waals surface area contributed by atoms with Gasteiger partial charge in [0.25, 0.3) is 10.0 Å². The van der Waals surface area contributed by atoms with Crippen molar-refractivity contribution in [3.63, 3.8) is 0 Å². The fraction of sp³-hybridized carbons (Fsp3) is 0.125. The minimum atomic E-state index is -3.90. The van der Waals surface area contributed by atoms with Crippen LogP contribution in [0.1, 0.15) is 22.8 Å². The first-order chi connectivity index (χ1) is 11.2. The topological polar surface area (TPSA) is 115 Å². The van der Waals surface area contributed by atoms with Crippen LogP contribution >= 0.6 is 0 Å². The van der Waals surface area contributed by atoms with Gasteiger partial charge in [-0.1, -0.05) is 12.1 Å². The maximum absolute atomic E-state index is 12.4. The van der Waals surface area contributed by atoms with Crippen LogP contribution in [0.15, 0.2) is 47.4 Å². The lowest BCUT2D eigenvalue weighted by molar-refractivity contribution is -0.255. The molecule has 0 saturated heterocycles. The molecule has 24 heavy (non-hydrogen) atoms. The Balaban J connectivity index is 2.30. The monoisotopic (exact) mass is 347 g/mol. The minimum absolute atomic E-state index is 0.0187. The van der Waals surface area contributed by atoms with Gasteiger partial charge in [-0.05, 0) is 42.8 Å². The zero-order valence-electron chi connectivity index (χ0n) is 13.0. The van der Waals surface area contributed by atoms with E-state index in [1.807, 2.05) is 0 Å². The normalized spacial score (nSPS) is 10.9. The molecule has 0 aromatic heterocycles. The van der Waals surface area contributed by atoms with Crippen LogP contribution in [0.5, 0.6) is 0 Å². The van der Waals surface area contributed by atoms with Crippen molar-refractivity contribution in [2.75, 3.05) is 10.0 Å². The number of benzene rings is 2. The van der Waals surface area contributed by atoms with Crippen LogP contribution in [0.25, 0.3) is 0 Å².